The average molecular weight is 600 g/mol. The van der Waals surface area contributed by atoms with E-state index in [-0.39, 0.29) is 19.3 Å². The lowest BCUT2D eigenvalue weighted by molar-refractivity contribution is 0.0945. The van der Waals surface area contributed by atoms with E-state index in [1.807, 2.05) is 12.1 Å². The van der Waals surface area contributed by atoms with Crippen LogP contribution < -0.4 is 5.32 Å². The monoisotopic (exact) mass is 599 g/mol. The van der Waals surface area contributed by atoms with Gasteiger partial charge in [-0.2, -0.15) is 0 Å². The number of Topliss-reactive ketones (excluding diaryl/α,β-unsaturated/α-hetero) is 1. The van der Waals surface area contributed by atoms with Crippen molar-refractivity contribution >= 4 is 28.7 Å². The van der Waals surface area contributed by atoms with E-state index in [2.05, 4.69) is 66.0 Å². The number of hydrogen-bond acceptors (Lipinski definition) is 4. The third-order valence-corrected chi connectivity index (χ3v) is 10.8. The van der Waals surface area contributed by atoms with Crippen LogP contribution in [-0.4, -0.2) is 17.0 Å². The fourth-order valence-electron chi connectivity index (χ4n) is 8.46. The molecule has 4 aromatic rings. The second-order valence-corrected chi connectivity index (χ2v) is 13.7. The van der Waals surface area contributed by atoms with Crippen LogP contribution in [0.4, 0.5) is 5.82 Å². The van der Waals surface area contributed by atoms with Gasteiger partial charge in [-0.15, -0.1) is 0 Å². The molecule has 0 radical (unpaired) electrons. The zero-order valence-corrected chi connectivity index (χ0v) is 25.9. The topological polar surface area (TPSA) is 65.8 Å². The first-order chi connectivity index (χ1) is 21.6. The van der Waals surface area contributed by atoms with E-state index in [0.29, 0.717) is 18.3 Å². The van der Waals surface area contributed by atoms with E-state index in [0.717, 1.165) is 64.2 Å². The number of aromatic nitrogens is 1. The molecule has 234 valence electrons. The van der Waals surface area contributed by atoms with Crippen molar-refractivity contribution in [1.29, 1.82) is 5.41 Å². The highest BCUT2D eigenvalue weighted by Crippen LogP contribution is 2.42. The van der Waals surface area contributed by atoms with Crippen molar-refractivity contribution < 1.29 is 4.79 Å². The molecule has 3 aromatic carbocycles. The molecule has 2 N–H and O–H groups in total. The first kappa shape index (κ1) is 31.2. The van der Waals surface area contributed by atoms with Gasteiger partial charge in [0.2, 0.25) is 0 Å². The van der Waals surface area contributed by atoms with Crippen LogP contribution in [0.15, 0.2) is 72.8 Å². The molecule has 4 nitrogen and oxygen atoms in total. The summed E-state index contributed by atoms with van der Waals surface area (Å²) in [5.74, 6) is 3.11. The minimum Gasteiger partial charge on any atom is -0.363 e. The fraction of sp³-hybridized carbons (Fsp3) is 0.439. The molecule has 0 bridgehead atoms. The first-order valence-electron chi connectivity index (χ1n) is 17.1. The number of benzene rings is 3. The van der Waals surface area contributed by atoms with Gasteiger partial charge in [-0.05, 0) is 95.9 Å². The molecule has 3 atom stereocenters. The molecule has 0 amide bonds. The molecule has 1 aromatic heterocycles. The number of pyridine rings is 1. The van der Waals surface area contributed by atoms with E-state index in [1.54, 1.807) is 0 Å². The summed E-state index contributed by atoms with van der Waals surface area (Å²) in [6.07, 6.45) is 17.3. The highest BCUT2D eigenvalue weighted by Gasteiger charge is 2.32. The highest BCUT2D eigenvalue weighted by atomic mass is 16.1. The Kier molecular flexibility index (Phi) is 9.78. The number of aryl methyl sites for hydroxylation is 1. The van der Waals surface area contributed by atoms with E-state index < -0.39 is 0 Å². The molecule has 7 rings (SSSR count). The van der Waals surface area contributed by atoms with Gasteiger partial charge in [0.25, 0.3) is 0 Å². The second-order valence-electron chi connectivity index (χ2n) is 13.7. The number of nitrogens with one attached hydrogen (secondary N) is 2. The third kappa shape index (κ3) is 6.90. The standard InChI is InChI=1S/C40H45N3O.CH4/c41-26-28-16-18-29(19-17-28)33-20-21-38-35(23-33)36(25-40(43-38)42-37-15-7-11-30-10-4-5-14-34(30)37)39(44)24-32-13-6-12-31(32)22-27-8-2-1-3-9-27;/h4-5,10,14,16-21,23,25-27,31-32,37,41H,1-3,6-9,11-13,15,22,24H2,(H,42,43);1H4/t31-,32?,37-;/m0./s1. The molecule has 1 unspecified atom stereocenters. The fourth-order valence-corrected chi connectivity index (χ4v) is 8.46. The SMILES string of the molecule is C.N=Cc1ccc(-c2ccc3nc(N[C@H]4CCCc5ccccc54)cc(C(=O)CC4CCC[C@H]4CC4CCCCC4)c3c2)cc1. The van der Waals surface area contributed by atoms with Crippen molar-refractivity contribution in [3.05, 3.63) is 95.1 Å². The van der Waals surface area contributed by atoms with Gasteiger partial charge in [-0.1, -0.05) is 107 Å². The Balaban J connectivity index is 0.00000357. The van der Waals surface area contributed by atoms with Crippen molar-refractivity contribution in [2.24, 2.45) is 17.8 Å². The molecule has 4 heteroatoms. The molecule has 0 aliphatic heterocycles. The minimum atomic E-state index is 0. The van der Waals surface area contributed by atoms with E-state index in [1.165, 1.54) is 75.1 Å². The van der Waals surface area contributed by atoms with Gasteiger partial charge in [-0.25, -0.2) is 4.98 Å². The Hall–Kier alpha value is -3.79. The summed E-state index contributed by atoms with van der Waals surface area (Å²) in [5, 5.41) is 12.3. The van der Waals surface area contributed by atoms with Crippen molar-refractivity contribution in [1.82, 2.24) is 4.98 Å². The normalized spacial score (nSPS) is 21.6. The quantitative estimate of drug-likeness (QED) is 0.149. The summed E-state index contributed by atoms with van der Waals surface area (Å²) in [6, 6.07) is 25.4. The van der Waals surface area contributed by atoms with Gasteiger partial charge < -0.3 is 10.7 Å². The van der Waals surface area contributed by atoms with Gasteiger partial charge in [0, 0.05) is 23.6 Å². The van der Waals surface area contributed by atoms with E-state index in [4.69, 9.17) is 10.4 Å². The van der Waals surface area contributed by atoms with Gasteiger partial charge in [0.15, 0.2) is 5.78 Å². The zero-order valence-electron chi connectivity index (χ0n) is 25.9. The number of anilines is 1. The van der Waals surface area contributed by atoms with Crippen LogP contribution in [0.5, 0.6) is 0 Å². The van der Waals surface area contributed by atoms with Crippen LogP contribution in [0.1, 0.15) is 118 Å². The number of hydrogen-bond donors (Lipinski definition) is 2. The lowest BCUT2D eigenvalue weighted by Crippen LogP contribution is -2.19. The molecule has 3 aliphatic carbocycles. The molecule has 2 fully saturated rings. The number of carbonyl (C=O) groups is 1. The van der Waals surface area contributed by atoms with Gasteiger partial charge in [0.1, 0.15) is 5.82 Å². The number of ketones is 1. The van der Waals surface area contributed by atoms with E-state index in [9.17, 15) is 4.79 Å². The number of rotatable bonds is 9. The molecule has 1 heterocycles. The van der Waals surface area contributed by atoms with E-state index >= 15 is 0 Å². The van der Waals surface area contributed by atoms with Crippen molar-refractivity contribution in [2.45, 2.75) is 96.9 Å². The average Bonchev–Trinajstić information content (AvgIpc) is 3.50. The zero-order chi connectivity index (χ0) is 29.9. The Morgan fingerprint density at radius 3 is 2.42 bits per heavy atom. The summed E-state index contributed by atoms with van der Waals surface area (Å²) in [5.41, 5.74) is 7.48. The molecule has 3 aliphatic rings. The Morgan fingerprint density at radius 2 is 1.60 bits per heavy atom. The summed E-state index contributed by atoms with van der Waals surface area (Å²) in [4.78, 5) is 19.4. The number of fused-ring (bicyclic) bond motifs is 2. The first-order valence-corrected chi connectivity index (χ1v) is 17.1. The Bertz CT molecular complexity index is 1630. The van der Waals surface area contributed by atoms with Crippen LogP contribution in [0.25, 0.3) is 22.0 Å². The minimum absolute atomic E-state index is 0. The predicted octanol–water partition coefficient (Wildman–Crippen LogP) is 11.0. The highest BCUT2D eigenvalue weighted by molar-refractivity contribution is 6.09. The van der Waals surface area contributed by atoms with Crippen LogP contribution in [0.3, 0.4) is 0 Å². The Morgan fingerprint density at radius 1 is 0.822 bits per heavy atom. The second kappa shape index (κ2) is 14.1. The summed E-state index contributed by atoms with van der Waals surface area (Å²) in [7, 11) is 0. The van der Waals surface area contributed by atoms with Crippen LogP contribution in [0, 0.1) is 23.2 Å². The smallest absolute Gasteiger partial charge is 0.163 e. The van der Waals surface area contributed by atoms with Crippen LogP contribution in [-0.2, 0) is 6.42 Å². The maximum atomic E-state index is 14.3. The third-order valence-electron chi connectivity index (χ3n) is 10.8. The van der Waals surface area contributed by atoms with Crippen molar-refractivity contribution in [3.63, 3.8) is 0 Å². The lowest BCUT2D eigenvalue weighted by atomic mass is 9.78. The molecule has 0 saturated heterocycles. The summed E-state index contributed by atoms with van der Waals surface area (Å²) >= 11 is 0. The number of nitrogens with zero attached hydrogens (tertiary/aromatic N) is 1. The molecular formula is C41H49N3O. The van der Waals surface area contributed by atoms with Gasteiger partial charge >= 0.3 is 0 Å². The molecular weight excluding hydrogens is 550 g/mol. The maximum Gasteiger partial charge on any atom is 0.163 e. The maximum absolute atomic E-state index is 14.3. The lowest BCUT2D eigenvalue weighted by Gasteiger charge is -2.28. The van der Waals surface area contributed by atoms with Crippen molar-refractivity contribution in [3.8, 4) is 11.1 Å². The van der Waals surface area contributed by atoms with Crippen molar-refractivity contribution in [2.75, 3.05) is 5.32 Å². The summed E-state index contributed by atoms with van der Waals surface area (Å²) in [6.45, 7) is 0. The Labute approximate surface area is 269 Å². The molecule has 2 saturated carbocycles. The van der Waals surface area contributed by atoms with Gasteiger partial charge in [0.05, 0.1) is 11.6 Å². The molecule has 0 spiro atoms. The summed E-state index contributed by atoms with van der Waals surface area (Å²) < 4.78 is 0. The predicted molar refractivity (Wildman–Crippen MR) is 189 cm³/mol. The van der Waals surface area contributed by atoms with Crippen LogP contribution >= 0.6 is 0 Å². The largest absolute Gasteiger partial charge is 0.363 e. The molecule has 45 heavy (non-hydrogen) atoms. The van der Waals surface area contributed by atoms with Crippen LogP contribution in [0.2, 0.25) is 0 Å². The van der Waals surface area contributed by atoms with Gasteiger partial charge in [-0.3, -0.25) is 4.79 Å². The number of carbonyl (C=O) groups excluding carboxylic acids is 1.